The Hall–Kier alpha value is -0.0400. The van der Waals surface area contributed by atoms with Gasteiger partial charge in [-0.25, -0.2) is 0 Å². The van der Waals surface area contributed by atoms with Crippen LogP contribution in [0.4, 0.5) is 0 Å². The van der Waals surface area contributed by atoms with E-state index in [2.05, 4.69) is 46.9 Å². The van der Waals surface area contributed by atoms with Gasteiger partial charge in [0.25, 0.3) is 0 Å². The SMILES string of the molecule is CNC(C)C(C)(C)C(C)(C)C. The lowest BCUT2D eigenvalue weighted by Gasteiger charge is -2.43. The molecule has 0 aliphatic carbocycles. The van der Waals surface area contributed by atoms with Crippen LogP contribution in [0, 0.1) is 10.8 Å². The molecule has 68 valence electrons. The highest BCUT2D eigenvalue weighted by Gasteiger charge is 2.36. The molecular formula is C10H23N. The summed E-state index contributed by atoms with van der Waals surface area (Å²) in [5.74, 6) is 0. The molecule has 0 aromatic rings. The minimum atomic E-state index is 0.335. The van der Waals surface area contributed by atoms with E-state index in [1.807, 2.05) is 7.05 Å². The molecule has 0 aliphatic rings. The predicted octanol–water partition coefficient (Wildman–Crippen LogP) is 2.67. The summed E-state index contributed by atoms with van der Waals surface area (Å²) in [4.78, 5) is 0. The fourth-order valence-corrected chi connectivity index (χ4v) is 1.01. The Morgan fingerprint density at radius 2 is 1.36 bits per heavy atom. The van der Waals surface area contributed by atoms with Crippen LogP contribution in [-0.4, -0.2) is 13.1 Å². The molecule has 0 amide bonds. The minimum absolute atomic E-state index is 0.335. The van der Waals surface area contributed by atoms with Crippen molar-refractivity contribution in [3.8, 4) is 0 Å². The van der Waals surface area contributed by atoms with Crippen molar-refractivity contribution in [1.82, 2.24) is 5.32 Å². The van der Waals surface area contributed by atoms with E-state index in [0.717, 1.165) is 0 Å². The second-order valence-electron chi connectivity index (χ2n) is 4.98. The first-order valence-corrected chi connectivity index (χ1v) is 4.40. The Kier molecular flexibility index (Phi) is 3.13. The van der Waals surface area contributed by atoms with Crippen molar-refractivity contribution in [2.45, 2.75) is 47.6 Å². The maximum atomic E-state index is 3.31. The quantitative estimate of drug-likeness (QED) is 0.650. The van der Waals surface area contributed by atoms with E-state index in [0.29, 0.717) is 16.9 Å². The highest BCUT2D eigenvalue weighted by Crippen LogP contribution is 2.40. The molecule has 0 aliphatic heterocycles. The lowest BCUT2D eigenvalue weighted by atomic mass is 9.65. The van der Waals surface area contributed by atoms with Gasteiger partial charge in [0.2, 0.25) is 0 Å². The highest BCUT2D eigenvalue weighted by molar-refractivity contribution is 4.89. The van der Waals surface area contributed by atoms with Crippen molar-refractivity contribution in [3.63, 3.8) is 0 Å². The van der Waals surface area contributed by atoms with Crippen molar-refractivity contribution in [2.75, 3.05) is 7.05 Å². The summed E-state index contributed by atoms with van der Waals surface area (Å²) < 4.78 is 0. The molecule has 1 atom stereocenters. The van der Waals surface area contributed by atoms with E-state index in [9.17, 15) is 0 Å². The van der Waals surface area contributed by atoms with Crippen LogP contribution in [0.2, 0.25) is 0 Å². The first kappa shape index (κ1) is 11.0. The third kappa shape index (κ3) is 2.19. The molecule has 0 fully saturated rings. The smallest absolute Gasteiger partial charge is 0.00919 e. The van der Waals surface area contributed by atoms with Crippen LogP contribution >= 0.6 is 0 Å². The van der Waals surface area contributed by atoms with Gasteiger partial charge in [0.05, 0.1) is 0 Å². The number of hydrogen-bond acceptors (Lipinski definition) is 1. The van der Waals surface area contributed by atoms with E-state index in [1.54, 1.807) is 0 Å². The molecule has 0 saturated heterocycles. The van der Waals surface area contributed by atoms with Crippen LogP contribution in [0.15, 0.2) is 0 Å². The zero-order chi connectivity index (χ0) is 9.28. The maximum absolute atomic E-state index is 3.31. The first-order chi connectivity index (χ1) is 4.73. The van der Waals surface area contributed by atoms with Gasteiger partial charge in [-0.1, -0.05) is 34.6 Å². The lowest BCUT2D eigenvalue weighted by Crippen LogP contribution is -2.45. The van der Waals surface area contributed by atoms with E-state index < -0.39 is 0 Å². The second kappa shape index (κ2) is 3.14. The third-order valence-corrected chi connectivity index (χ3v) is 3.45. The summed E-state index contributed by atoms with van der Waals surface area (Å²) in [6.45, 7) is 13.7. The van der Waals surface area contributed by atoms with E-state index in [4.69, 9.17) is 0 Å². The van der Waals surface area contributed by atoms with E-state index in [1.165, 1.54) is 0 Å². The van der Waals surface area contributed by atoms with E-state index in [-0.39, 0.29) is 0 Å². The van der Waals surface area contributed by atoms with Crippen LogP contribution in [0.1, 0.15) is 41.5 Å². The Bertz CT molecular complexity index is 119. The van der Waals surface area contributed by atoms with Crippen LogP contribution < -0.4 is 5.32 Å². The summed E-state index contributed by atoms with van der Waals surface area (Å²) in [7, 11) is 2.03. The molecule has 0 aromatic carbocycles. The Morgan fingerprint density at radius 3 is 1.45 bits per heavy atom. The molecule has 1 heteroatoms. The molecule has 11 heavy (non-hydrogen) atoms. The van der Waals surface area contributed by atoms with Gasteiger partial charge in [0.1, 0.15) is 0 Å². The lowest BCUT2D eigenvalue weighted by molar-refractivity contribution is 0.0900. The Morgan fingerprint density at radius 1 is 1.00 bits per heavy atom. The largest absolute Gasteiger partial charge is 0.317 e. The predicted molar refractivity (Wildman–Crippen MR) is 51.8 cm³/mol. The fraction of sp³-hybridized carbons (Fsp3) is 1.00. The third-order valence-electron chi connectivity index (χ3n) is 3.45. The van der Waals surface area contributed by atoms with Crippen LogP contribution in [-0.2, 0) is 0 Å². The van der Waals surface area contributed by atoms with Gasteiger partial charge in [-0.05, 0) is 24.8 Å². The highest BCUT2D eigenvalue weighted by atomic mass is 14.9. The monoisotopic (exact) mass is 157 g/mol. The Balaban J connectivity index is 4.45. The van der Waals surface area contributed by atoms with Crippen LogP contribution in [0.25, 0.3) is 0 Å². The summed E-state index contributed by atoms with van der Waals surface area (Å²) >= 11 is 0. The molecule has 0 bridgehead atoms. The van der Waals surface area contributed by atoms with Crippen molar-refractivity contribution >= 4 is 0 Å². The van der Waals surface area contributed by atoms with E-state index >= 15 is 0 Å². The van der Waals surface area contributed by atoms with Crippen molar-refractivity contribution in [1.29, 1.82) is 0 Å². The van der Waals surface area contributed by atoms with Gasteiger partial charge >= 0.3 is 0 Å². The summed E-state index contributed by atoms with van der Waals surface area (Å²) in [5.41, 5.74) is 0.692. The van der Waals surface area contributed by atoms with Gasteiger partial charge in [-0.3, -0.25) is 0 Å². The average molecular weight is 157 g/mol. The number of rotatable bonds is 2. The molecule has 0 heterocycles. The normalized spacial score (nSPS) is 16.6. The maximum Gasteiger partial charge on any atom is 0.00919 e. The van der Waals surface area contributed by atoms with Gasteiger partial charge in [0.15, 0.2) is 0 Å². The zero-order valence-electron chi connectivity index (χ0n) is 9.08. The molecular weight excluding hydrogens is 134 g/mol. The summed E-state index contributed by atoms with van der Waals surface area (Å²) in [5, 5.41) is 3.31. The van der Waals surface area contributed by atoms with Crippen molar-refractivity contribution < 1.29 is 0 Å². The average Bonchev–Trinajstić information content (AvgIpc) is 1.83. The zero-order valence-corrected chi connectivity index (χ0v) is 9.08. The summed E-state index contributed by atoms with van der Waals surface area (Å²) in [6, 6.07) is 0.558. The van der Waals surface area contributed by atoms with Gasteiger partial charge in [-0.15, -0.1) is 0 Å². The molecule has 1 unspecified atom stereocenters. The standard InChI is InChI=1S/C10H23N/c1-8(11-7)10(5,6)9(2,3)4/h8,11H,1-7H3. The van der Waals surface area contributed by atoms with Gasteiger partial charge in [0, 0.05) is 6.04 Å². The summed E-state index contributed by atoms with van der Waals surface area (Å²) in [6.07, 6.45) is 0. The van der Waals surface area contributed by atoms with Crippen LogP contribution in [0.5, 0.6) is 0 Å². The van der Waals surface area contributed by atoms with Crippen molar-refractivity contribution in [3.05, 3.63) is 0 Å². The molecule has 0 saturated carbocycles. The first-order valence-electron chi connectivity index (χ1n) is 4.40. The topological polar surface area (TPSA) is 12.0 Å². The minimum Gasteiger partial charge on any atom is -0.317 e. The number of nitrogens with one attached hydrogen (secondary N) is 1. The van der Waals surface area contributed by atoms with Crippen molar-refractivity contribution in [2.24, 2.45) is 10.8 Å². The second-order valence-corrected chi connectivity index (χ2v) is 4.98. The molecule has 1 nitrogen and oxygen atoms in total. The van der Waals surface area contributed by atoms with Crippen LogP contribution in [0.3, 0.4) is 0 Å². The number of hydrogen-bond donors (Lipinski definition) is 1. The van der Waals surface area contributed by atoms with Gasteiger partial charge < -0.3 is 5.32 Å². The Labute approximate surface area is 71.6 Å². The van der Waals surface area contributed by atoms with Gasteiger partial charge in [-0.2, -0.15) is 0 Å². The molecule has 0 spiro atoms. The fourth-order valence-electron chi connectivity index (χ4n) is 1.01. The molecule has 1 N–H and O–H groups in total. The molecule has 0 rings (SSSR count). The molecule has 0 radical (unpaired) electrons. The molecule has 0 aromatic heterocycles.